The average molecular weight is 487 g/mol. The van der Waals surface area contributed by atoms with Crippen molar-refractivity contribution >= 4 is 17.2 Å². The number of nitrogens with one attached hydrogen (secondary N) is 2. The molecule has 0 fully saturated rings. The molecule has 1 atom stereocenters. The number of hydrogen-bond donors (Lipinski definition) is 2. The molecule has 1 aromatic heterocycles. The smallest absolute Gasteiger partial charge is 0.366 e. The van der Waals surface area contributed by atoms with E-state index in [4.69, 9.17) is 4.74 Å². The van der Waals surface area contributed by atoms with Crippen LogP contribution in [-0.4, -0.2) is 32.7 Å². The number of tetrazole rings is 1. The van der Waals surface area contributed by atoms with Gasteiger partial charge in [0.1, 0.15) is 17.3 Å². The van der Waals surface area contributed by atoms with Crippen molar-refractivity contribution in [2.24, 2.45) is 0 Å². The number of benzene rings is 2. The van der Waals surface area contributed by atoms with Crippen molar-refractivity contribution in [3.63, 3.8) is 0 Å². The highest BCUT2D eigenvalue weighted by atomic mass is 19.3. The van der Waals surface area contributed by atoms with Crippen LogP contribution in [0.25, 0.3) is 11.3 Å². The van der Waals surface area contributed by atoms with E-state index in [0.717, 1.165) is 17.5 Å². The second kappa shape index (κ2) is 9.77. The second-order valence-electron chi connectivity index (χ2n) is 8.47. The first kappa shape index (κ1) is 24.2. The molecule has 1 aliphatic rings. The summed E-state index contributed by atoms with van der Waals surface area (Å²) in [5.41, 5.74) is -1.32. The molecule has 3 aromatic rings. The summed E-state index contributed by atoms with van der Waals surface area (Å²) in [6, 6.07) is 9.78. The number of ether oxygens (including phenoxy) is 1. The summed E-state index contributed by atoms with van der Waals surface area (Å²) in [5, 5.41) is 12.0. The fourth-order valence-corrected chi connectivity index (χ4v) is 4.09. The minimum Gasteiger partial charge on any atom is -0.493 e. The van der Waals surface area contributed by atoms with E-state index in [1.807, 2.05) is 6.92 Å². The molecular weight excluding hydrogens is 463 g/mol. The highest BCUT2D eigenvalue weighted by molar-refractivity contribution is 6.22. The summed E-state index contributed by atoms with van der Waals surface area (Å²) in [4.78, 5) is 25.5. The zero-order chi connectivity index (χ0) is 25.2. The highest BCUT2D eigenvalue weighted by Gasteiger charge is 2.40. The zero-order valence-electron chi connectivity index (χ0n) is 19.1. The number of aromatic amines is 1. The van der Waals surface area contributed by atoms with E-state index >= 15 is 4.39 Å². The van der Waals surface area contributed by atoms with Gasteiger partial charge in [0, 0.05) is 23.6 Å². The van der Waals surface area contributed by atoms with Crippen molar-refractivity contribution in [3.8, 4) is 5.75 Å². The van der Waals surface area contributed by atoms with Gasteiger partial charge >= 0.3 is 5.69 Å². The Kier molecular flexibility index (Phi) is 6.77. The maximum absolute atomic E-state index is 15.2. The molecule has 184 valence electrons. The number of alkyl halides is 2. The Morgan fingerprint density at radius 2 is 1.91 bits per heavy atom. The third kappa shape index (κ3) is 4.84. The first-order chi connectivity index (χ1) is 16.7. The topological polar surface area (TPSA) is 102 Å². The minimum atomic E-state index is -2.66. The predicted molar refractivity (Wildman–Crippen MR) is 122 cm³/mol. The number of carbonyl (C=O) groups excluding carboxylic acids is 1. The number of amides is 1. The molecule has 0 saturated carbocycles. The van der Waals surface area contributed by atoms with Gasteiger partial charge in [0.25, 0.3) is 12.3 Å². The van der Waals surface area contributed by atoms with Crippen LogP contribution in [0.4, 0.5) is 13.2 Å². The Morgan fingerprint density at radius 3 is 2.51 bits per heavy atom. The van der Waals surface area contributed by atoms with Crippen LogP contribution in [0.2, 0.25) is 0 Å². The molecule has 0 spiro atoms. The summed E-state index contributed by atoms with van der Waals surface area (Å²) >= 11 is 0. The van der Waals surface area contributed by atoms with E-state index in [2.05, 4.69) is 20.8 Å². The van der Waals surface area contributed by atoms with Crippen molar-refractivity contribution in [2.45, 2.75) is 45.1 Å². The zero-order valence-corrected chi connectivity index (χ0v) is 19.1. The largest absolute Gasteiger partial charge is 0.493 e. The van der Waals surface area contributed by atoms with E-state index in [9.17, 15) is 18.4 Å². The lowest BCUT2D eigenvalue weighted by Crippen LogP contribution is -2.49. The van der Waals surface area contributed by atoms with E-state index in [0.29, 0.717) is 23.5 Å². The van der Waals surface area contributed by atoms with Gasteiger partial charge in [-0.15, -0.1) is 0 Å². The summed E-state index contributed by atoms with van der Waals surface area (Å²) < 4.78 is 47.7. The van der Waals surface area contributed by atoms with E-state index in [1.54, 1.807) is 19.1 Å². The standard InChI is InChI=1S/C24H24F3N5O3/c1-3-4-11-35-16-9-10-18(19(25)12-16)24(2)13-17(14-5-7-15(8-6-14)21(26)27)20(22(33)28-24)32-23(34)29-30-31-32/h5-10,12,21H,3-4,11,13H2,1-2H3,(H,28,33)(H,29,31,34)/t24-/m0/s1. The summed E-state index contributed by atoms with van der Waals surface area (Å²) in [6.07, 6.45) is -0.842. The Balaban J connectivity index is 1.78. The van der Waals surface area contributed by atoms with Crippen LogP contribution in [0, 0.1) is 5.82 Å². The maximum atomic E-state index is 15.2. The molecule has 2 N–H and O–H groups in total. The summed E-state index contributed by atoms with van der Waals surface area (Å²) in [5.74, 6) is -0.889. The molecule has 0 radical (unpaired) electrons. The number of halogens is 3. The van der Waals surface area contributed by atoms with Gasteiger partial charge in [-0.25, -0.2) is 23.1 Å². The number of unbranched alkanes of at least 4 members (excludes halogenated alkanes) is 1. The molecule has 2 heterocycles. The Morgan fingerprint density at radius 1 is 1.17 bits per heavy atom. The van der Waals surface area contributed by atoms with Crippen molar-refractivity contribution in [2.75, 3.05) is 6.61 Å². The average Bonchev–Trinajstić information content (AvgIpc) is 3.24. The molecule has 2 aromatic carbocycles. The van der Waals surface area contributed by atoms with Crippen LogP contribution in [-0.2, 0) is 10.3 Å². The van der Waals surface area contributed by atoms with Crippen LogP contribution in [0.5, 0.6) is 5.75 Å². The Bertz CT molecular complexity index is 1320. The van der Waals surface area contributed by atoms with Crippen molar-refractivity contribution < 1.29 is 22.7 Å². The maximum Gasteiger partial charge on any atom is 0.366 e. The van der Waals surface area contributed by atoms with Crippen molar-refractivity contribution in [1.29, 1.82) is 0 Å². The van der Waals surface area contributed by atoms with Crippen LogP contribution < -0.4 is 15.7 Å². The minimum absolute atomic E-state index is 0.0500. The molecule has 35 heavy (non-hydrogen) atoms. The van der Waals surface area contributed by atoms with Gasteiger partial charge in [0.15, 0.2) is 0 Å². The Labute approximate surface area is 198 Å². The van der Waals surface area contributed by atoms with Gasteiger partial charge in [-0.2, -0.15) is 4.68 Å². The normalized spacial score (nSPS) is 18.2. The van der Waals surface area contributed by atoms with Gasteiger partial charge < -0.3 is 10.1 Å². The number of H-pyrrole nitrogens is 1. The third-order valence-electron chi connectivity index (χ3n) is 5.92. The van der Waals surface area contributed by atoms with E-state index in [-0.39, 0.29) is 23.2 Å². The van der Waals surface area contributed by atoms with Gasteiger partial charge in [0.05, 0.1) is 12.1 Å². The molecule has 0 saturated heterocycles. The molecule has 11 heteroatoms. The molecule has 4 rings (SSSR count). The van der Waals surface area contributed by atoms with Crippen LogP contribution >= 0.6 is 0 Å². The number of hydrogen-bond acceptors (Lipinski definition) is 5. The number of nitrogens with zero attached hydrogens (tertiary/aromatic N) is 3. The third-order valence-corrected chi connectivity index (χ3v) is 5.92. The summed E-state index contributed by atoms with van der Waals surface area (Å²) in [6.45, 7) is 4.13. The molecular formula is C24H24F3N5O3. The number of carbonyl (C=O) groups is 1. The molecule has 0 unspecified atom stereocenters. The molecule has 1 amide bonds. The SMILES string of the molecule is CCCCOc1ccc([C@]2(C)CC(c3ccc(C(F)F)cc3)=C(n3nn[nH]c3=O)C(=O)N2)c(F)c1. The monoisotopic (exact) mass is 487 g/mol. The lowest BCUT2D eigenvalue weighted by atomic mass is 9.79. The lowest BCUT2D eigenvalue weighted by Gasteiger charge is -2.37. The molecule has 0 aliphatic carbocycles. The van der Waals surface area contributed by atoms with E-state index < -0.39 is 29.4 Å². The summed E-state index contributed by atoms with van der Waals surface area (Å²) in [7, 11) is 0. The van der Waals surface area contributed by atoms with E-state index in [1.165, 1.54) is 30.3 Å². The fourth-order valence-electron chi connectivity index (χ4n) is 4.09. The van der Waals surface area contributed by atoms with Crippen LogP contribution in [0.15, 0.2) is 47.3 Å². The van der Waals surface area contributed by atoms with Gasteiger partial charge in [-0.1, -0.05) is 43.7 Å². The van der Waals surface area contributed by atoms with Gasteiger partial charge in [0.2, 0.25) is 0 Å². The fraction of sp³-hybridized carbons (Fsp3) is 0.333. The van der Waals surface area contributed by atoms with Crippen molar-refractivity contribution in [1.82, 2.24) is 25.5 Å². The van der Waals surface area contributed by atoms with Gasteiger partial charge in [-0.3, -0.25) is 4.79 Å². The first-order valence-corrected chi connectivity index (χ1v) is 11.1. The molecule has 1 aliphatic heterocycles. The van der Waals surface area contributed by atoms with Crippen LogP contribution in [0.1, 0.15) is 56.2 Å². The lowest BCUT2D eigenvalue weighted by molar-refractivity contribution is -0.118. The van der Waals surface area contributed by atoms with Gasteiger partial charge in [-0.05, 0) is 41.0 Å². The first-order valence-electron chi connectivity index (χ1n) is 11.1. The predicted octanol–water partition coefficient (Wildman–Crippen LogP) is 4.03. The quantitative estimate of drug-likeness (QED) is 0.467. The molecule has 8 nitrogen and oxygen atoms in total. The van der Waals surface area contributed by atoms with Crippen LogP contribution in [0.3, 0.4) is 0 Å². The highest BCUT2D eigenvalue weighted by Crippen LogP contribution is 2.41. The number of rotatable bonds is 8. The second-order valence-corrected chi connectivity index (χ2v) is 8.47. The molecule has 0 bridgehead atoms. The Hall–Kier alpha value is -3.89. The number of aromatic nitrogens is 4. The van der Waals surface area contributed by atoms with Crippen molar-refractivity contribution in [3.05, 3.63) is 75.5 Å².